The number of rotatable bonds is 3. The summed E-state index contributed by atoms with van der Waals surface area (Å²) in [5, 5.41) is 0. The van der Waals surface area contributed by atoms with Crippen molar-refractivity contribution in [2.75, 3.05) is 7.11 Å². The molecule has 3 nitrogen and oxygen atoms in total. The lowest BCUT2D eigenvalue weighted by Gasteiger charge is -2.10. The van der Waals surface area contributed by atoms with E-state index in [0.717, 1.165) is 14.9 Å². The van der Waals surface area contributed by atoms with Crippen LogP contribution in [0.15, 0.2) is 24.3 Å². The van der Waals surface area contributed by atoms with Crippen molar-refractivity contribution in [3.8, 4) is 11.5 Å². The molecule has 0 bridgehead atoms. The summed E-state index contributed by atoms with van der Waals surface area (Å²) < 4.78 is 11.3. The summed E-state index contributed by atoms with van der Waals surface area (Å²) in [4.78, 5) is 11.3. The Morgan fingerprint density at radius 3 is 2.50 bits per heavy atom. The minimum atomic E-state index is -0.416. The summed E-state index contributed by atoms with van der Waals surface area (Å²) in [6.45, 7) is 7.05. The Labute approximate surface area is 109 Å². The second-order valence-corrected chi connectivity index (χ2v) is 4.59. The van der Waals surface area contributed by atoms with Gasteiger partial charge < -0.3 is 9.47 Å². The maximum Gasteiger partial charge on any atom is 0.338 e. The van der Waals surface area contributed by atoms with Crippen molar-refractivity contribution in [3.63, 3.8) is 0 Å². The van der Waals surface area contributed by atoms with E-state index in [4.69, 9.17) is 9.47 Å². The molecular weight excluding hydrogens is 319 g/mol. The lowest BCUT2D eigenvalue weighted by molar-refractivity contribution is -0.130. The van der Waals surface area contributed by atoms with Gasteiger partial charge in [0.15, 0.2) is 0 Å². The van der Waals surface area contributed by atoms with Gasteiger partial charge in [-0.3, -0.25) is 0 Å². The van der Waals surface area contributed by atoms with Crippen molar-refractivity contribution in [2.45, 2.75) is 13.8 Å². The van der Waals surface area contributed by atoms with E-state index in [9.17, 15) is 4.79 Å². The number of carbonyl (C=O) groups excluding carboxylic acids is 1. The summed E-state index contributed by atoms with van der Waals surface area (Å²) in [6, 6.07) is 3.52. The zero-order valence-corrected chi connectivity index (χ0v) is 11.6. The van der Waals surface area contributed by atoms with Crippen LogP contribution in [0.4, 0.5) is 0 Å². The van der Waals surface area contributed by atoms with Crippen LogP contribution in [-0.2, 0) is 4.79 Å². The molecule has 0 saturated carbocycles. The van der Waals surface area contributed by atoms with Crippen molar-refractivity contribution in [2.24, 2.45) is 0 Å². The van der Waals surface area contributed by atoms with Gasteiger partial charge in [-0.15, -0.1) is 0 Å². The lowest BCUT2D eigenvalue weighted by atomic mass is 10.2. The minimum Gasteiger partial charge on any atom is -0.495 e. The van der Waals surface area contributed by atoms with E-state index in [0.29, 0.717) is 11.3 Å². The van der Waals surface area contributed by atoms with Crippen LogP contribution in [-0.4, -0.2) is 13.1 Å². The summed E-state index contributed by atoms with van der Waals surface area (Å²) in [5.41, 5.74) is 1.31. The molecule has 86 valence electrons. The van der Waals surface area contributed by atoms with Gasteiger partial charge in [0.2, 0.25) is 0 Å². The average molecular weight is 332 g/mol. The molecule has 0 aliphatic rings. The van der Waals surface area contributed by atoms with Crippen LogP contribution < -0.4 is 9.47 Å². The zero-order valence-electron chi connectivity index (χ0n) is 9.46. The van der Waals surface area contributed by atoms with Gasteiger partial charge in [0.1, 0.15) is 11.5 Å². The molecular formula is C12H13IO3. The summed E-state index contributed by atoms with van der Waals surface area (Å²) in [7, 11) is 1.62. The highest BCUT2D eigenvalue weighted by Crippen LogP contribution is 2.30. The molecule has 0 unspecified atom stereocenters. The quantitative estimate of drug-likeness (QED) is 0.369. The standard InChI is InChI=1S/C12H13IO3/c1-7(2)12(14)16-9-5-8(3)11(15-4)10(13)6-9/h5-6H,1H2,2-4H3. The normalized spacial score (nSPS) is 9.75. The van der Waals surface area contributed by atoms with Crippen LogP contribution in [0.3, 0.4) is 0 Å². The Kier molecular flexibility index (Phi) is 4.35. The molecule has 0 aromatic heterocycles. The number of halogens is 1. The molecule has 0 radical (unpaired) electrons. The highest BCUT2D eigenvalue weighted by Gasteiger charge is 2.10. The molecule has 0 aliphatic carbocycles. The fourth-order valence-corrected chi connectivity index (χ4v) is 2.16. The number of carbonyl (C=O) groups is 1. The molecule has 0 spiro atoms. The summed E-state index contributed by atoms with van der Waals surface area (Å²) in [5.74, 6) is 0.895. The molecule has 0 atom stereocenters. The van der Waals surface area contributed by atoms with Crippen LogP contribution in [0, 0.1) is 10.5 Å². The molecule has 1 aromatic carbocycles. The van der Waals surface area contributed by atoms with E-state index in [2.05, 4.69) is 29.2 Å². The van der Waals surface area contributed by atoms with E-state index in [-0.39, 0.29) is 0 Å². The Bertz CT molecular complexity index is 415. The van der Waals surface area contributed by atoms with Gasteiger partial charge in [-0.05, 0) is 54.1 Å². The van der Waals surface area contributed by atoms with Crippen LogP contribution in [0.2, 0.25) is 0 Å². The van der Waals surface area contributed by atoms with Crippen molar-refractivity contribution in [1.82, 2.24) is 0 Å². The second-order valence-electron chi connectivity index (χ2n) is 3.43. The van der Waals surface area contributed by atoms with Gasteiger partial charge in [-0.2, -0.15) is 0 Å². The lowest BCUT2D eigenvalue weighted by Crippen LogP contribution is -2.08. The molecule has 0 N–H and O–H groups in total. The van der Waals surface area contributed by atoms with E-state index >= 15 is 0 Å². The van der Waals surface area contributed by atoms with E-state index in [1.165, 1.54) is 0 Å². The largest absolute Gasteiger partial charge is 0.495 e. The van der Waals surface area contributed by atoms with Gasteiger partial charge in [-0.25, -0.2) is 4.79 Å². The third kappa shape index (κ3) is 2.98. The minimum absolute atomic E-state index is 0.378. The average Bonchev–Trinajstić information content (AvgIpc) is 2.16. The number of benzene rings is 1. The fourth-order valence-electron chi connectivity index (χ4n) is 1.21. The fraction of sp³-hybridized carbons (Fsp3) is 0.250. The van der Waals surface area contributed by atoms with Crippen molar-refractivity contribution in [3.05, 3.63) is 33.4 Å². The third-order valence-electron chi connectivity index (χ3n) is 1.97. The molecule has 4 heteroatoms. The van der Waals surface area contributed by atoms with Crippen LogP contribution in [0.1, 0.15) is 12.5 Å². The topological polar surface area (TPSA) is 35.5 Å². The molecule has 16 heavy (non-hydrogen) atoms. The van der Waals surface area contributed by atoms with E-state index in [1.807, 2.05) is 6.92 Å². The molecule has 0 fully saturated rings. The van der Waals surface area contributed by atoms with Gasteiger partial charge in [0, 0.05) is 5.57 Å². The maximum absolute atomic E-state index is 11.3. The summed E-state index contributed by atoms with van der Waals surface area (Å²) >= 11 is 2.14. The molecule has 0 amide bonds. The van der Waals surface area contributed by atoms with Gasteiger partial charge >= 0.3 is 5.97 Å². The molecule has 0 saturated heterocycles. The first kappa shape index (κ1) is 13.0. The maximum atomic E-state index is 11.3. The van der Waals surface area contributed by atoms with Crippen LogP contribution in [0.5, 0.6) is 11.5 Å². The van der Waals surface area contributed by atoms with Crippen molar-refractivity contribution >= 4 is 28.6 Å². The van der Waals surface area contributed by atoms with Crippen molar-refractivity contribution < 1.29 is 14.3 Å². The third-order valence-corrected chi connectivity index (χ3v) is 2.77. The smallest absolute Gasteiger partial charge is 0.338 e. The Hall–Kier alpha value is -1.04. The Morgan fingerprint density at radius 1 is 1.44 bits per heavy atom. The van der Waals surface area contributed by atoms with Crippen molar-refractivity contribution in [1.29, 1.82) is 0 Å². The molecule has 0 heterocycles. The van der Waals surface area contributed by atoms with Gasteiger partial charge in [0.05, 0.1) is 10.7 Å². The molecule has 1 rings (SSSR count). The Balaban J connectivity index is 3.00. The number of methoxy groups -OCH3 is 1. The number of aryl methyl sites for hydroxylation is 1. The van der Waals surface area contributed by atoms with E-state index in [1.54, 1.807) is 26.2 Å². The first-order valence-electron chi connectivity index (χ1n) is 4.67. The van der Waals surface area contributed by atoms with Gasteiger partial charge in [-0.1, -0.05) is 6.58 Å². The highest BCUT2D eigenvalue weighted by atomic mass is 127. The Morgan fingerprint density at radius 2 is 2.06 bits per heavy atom. The first-order valence-corrected chi connectivity index (χ1v) is 5.75. The van der Waals surface area contributed by atoms with Crippen LogP contribution >= 0.6 is 22.6 Å². The highest BCUT2D eigenvalue weighted by molar-refractivity contribution is 14.1. The van der Waals surface area contributed by atoms with E-state index < -0.39 is 5.97 Å². The predicted molar refractivity (Wildman–Crippen MR) is 70.9 cm³/mol. The van der Waals surface area contributed by atoms with Crippen LogP contribution in [0.25, 0.3) is 0 Å². The number of ether oxygens (including phenoxy) is 2. The molecule has 1 aromatic rings. The number of hydrogen-bond donors (Lipinski definition) is 0. The zero-order chi connectivity index (χ0) is 12.3. The van der Waals surface area contributed by atoms with Gasteiger partial charge in [0.25, 0.3) is 0 Å². The summed E-state index contributed by atoms with van der Waals surface area (Å²) in [6.07, 6.45) is 0. The molecule has 0 aliphatic heterocycles. The SMILES string of the molecule is C=C(C)C(=O)Oc1cc(C)c(OC)c(I)c1. The predicted octanol–water partition coefficient (Wildman–Crippen LogP) is 3.09. The second kappa shape index (κ2) is 5.34. The monoisotopic (exact) mass is 332 g/mol. The number of esters is 1. The number of hydrogen-bond acceptors (Lipinski definition) is 3. The first-order chi connectivity index (χ1) is 7.45.